The quantitative estimate of drug-likeness (QED) is 0.513. The van der Waals surface area contributed by atoms with Crippen LogP contribution in [-0.4, -0.2) is 44.1 Å². The summed E-state index contributed by atoms with van der Waals surface area (Å²) in [6.45, 7) is 12.4. The molecule has 0 bridgehead atoms. The summed E-state index contributed by atoms with van der Waals surface area (Å²) < 4.78 is 11.0. The number of ether oxygens (including phenoxy) is 2. The Hall–Kier alpha value is -1.36. The summed E-state index contributed by atoms with van der Waals surface area (Å²) in [7, 11) is 0. The predicted octanol–water partition coefficient (Wildman–Crippen LogP) is 2.23. The molecule has 1 aromatic carbocycles. The highest BCUT2D eigenvalue weighted by atomic mass is 16.5. The van der Waals surface area contributed by atoms with Crippen LogP contribution in [0, 0.1) is 13.8 Å². The maximum atomic E-state index is 9.85. The molecule has 118 valence electrons. The van der Waals surface area contributed by atoms with E-state index in [1.54, 1.807) is 0 Å². The molecule has 1 rings (SSSR count). The van der Waals surface area contributed by atoms with Crippen LogP contribution < -0.4 is 10.1 Å². The highest BCUT2D eigenvalue weighted by Crippen LogP contribution is 2.16. The van der Waals surface area contributed by atoms with Crippen molar-refractivity contribution in [3.8, 4) is 5.75 Å². The van der Waals surface area contributed by atoms with Crippen LogP contribution in [0.5, 0.6) is 5.75 Å². The molecule has 0 saturated heterocycles. The van der Waals surface area contributed by atoms with E-state index in [9.17, 15) is 5.11 Å². The fourth-order valence-electron chi connectivity index (χ4n) is 1.93. The molecule has 0 amide bonds. The Morgan fingerprint density at radius 1 is 1.29 bits per heavy atom. The second-order valence-electron chi connectivity index (χ2n) is 5.50. The van der Waals surface area contributed by atoms with Gasteiger partial charge in [-0.2, -0.15) is 0 Å². The van der Waals surface area contributed by atoms with Crippen LogP contribution in [0.3, 0.4) is 0 Å². The van der Waals surface area contributed by atoms with E-state index in [-0.39, 0.29) is 6.61 Å². The lowest BCUT2D eigenvalue weighted by molar-refractivity contribution is 0.101. The van der Waals surface area contributed by atoms with E-state index >= 15 is 0 Å². The van der Waals surface area contributed by atoms with Crippen molar-refractivity contribution in [2.24, 2.45) is 0 Å². The lowest BCUT2D eigenvalue weighted by Gasteiger charge is -2.14. The lowest BCUT2D eigenvalue weighted by Crippen LogP contribution is -2.33. The van der Waals surface area contributed by atoms with Gasteiger partial charge in [0.05, 0.1) is 13.2 Å². The standard InChI is InChI=1S/C17H27NO3/c1-13(2)11-20-6-5-18-10-16(19)12-21-17-8-14(3)7-15(4)9-17/h7-9,16,18-19H,1,5-6,10-12H2,2-4H3. The largest absolute Gasteiger partial charge is 0.491 e. The molecular formula is C17H27NO3. The van der Waals surface area contributed by atoms with E-state index in [0.717, 1.165) is 22.4 Å². The minimum atomic E-state index is -0.535. The van der Waals surface area contributed by atoms with Crippen LogP contribution in [-0.2, 0) is 4.74 Å². The van der Waals surface area contributed by atoms with Crippen molar-refractivity contribution in [1.29, 1.82) is 0 Å². The molecule has 4 nitrogen and oxygen atoms in total. The Labute approximate surface area is 127 Å². The first-order valence-electron chi connectivity index (χ1n) is 7.29. The van der Waals surface area contributed by atoms with Gasteiger partial charge in [0.25, 0.3) is 0 Å². The first kappa shape index (κ1) is 17.7. The molecule has 0 spiro atoms. The maximum absolute atomic E-state index is 9.85. The molecule has 2 N–H and O–H groups in total. The Kier molecular flexibility index (Phi) is 8.05. The molecule has 1 unspecified atom stereocenters. The van der Waals surface area contributed by atoms with Crippen LogP contribution in [0.1, 0.15) is 18.1 Å². The zero-order valence-corrected chi connectivity index (χ0v) is 13.3. The number of aliphatic hydroxyl groups excluding tert-OH is 1. The van der Waals surface area contributed by atoms with Crippen LogP contribution >= 0.6 is 0 Å². The Morgan fingerprint density at radius 2 is 1.95 bits per heavy atom. The molecule has 1 aromatic rings. The molecule has 0 radical (unpaired) electrons. The monoisotopic (exact) mass is 293 g/mol. The van der Waals surface area contributed by atoms with E-state index in [1.807, 2.05) is 32.9 Å². The van der Waals surface area contributed by atoms with Crippen molar-refractivity contribution in [3.63, 3.8) is 0 Å². The summed E-state index contributed by atoms with van der Waals surface area (Å²) in [6.07, 6.45) is -0.535. The topological polar surface area (TPSA) is 50.7 Å². The van der Waals surface area contributed by atoms with Gasteiger partial charge >= 0.3 is 0 Å². The molecule has 21 heavy (non-hydrogen) atoms. The number of hydrogen-bond acceptors (Lipinski definition) is 4. The van der Waals surface area contributed by atoms with Gasteiger partial charge < -0.3 is 19.9 Å². The Morgan fingerprint density at radius 3 is 2.57 bits per heavy atom. The van der Waals surface area contributed by atoms with Gasteiger partial charge in [-0.1, -0.05) is 18.2 Å². The fraction of sp³-hybridized carbons (Fsp3) is 0.529. The van der Waals surface area contributed by atoms with Gasteiger partial charge in [0.2, 0.25) is 0 Å². The summed E-state index contributed by atoms with van der Waals surface area (Å²) in [5.74, 6) is 0.802. The molecule has 1 atom stereocenters. The van der Waals surface area contributed by atoms with E-state index in [0.29, 0.717) is 26.3 Å². The normalized spacial score (nSPS) is 12.2. The number of rotatable bonds is 10. The number of benzene rings is 1. The predicted molar refractivity (Wildman–Crippen MR) is 85.9 cm³/mol. The van der Waals surface area contributed by atoms with E-state index < -0.39 is 6.10 Å². The summed E-state index contributed by atoms with van der Waals surface area (Å²) in [4.78, 5) is 0. The van der Waals surface area contributed by atoms with Gasteiger partial charge in [0.15, 0.2) is 0 Å². The Balaban J connectivity index is 2.13. The highest BCUT2D eigenvalue weighted by Gasteiger charge is 2.05. The molecule has 0 heterocycles. The first-order valence-corrected chi connectivity index (χ1v) is 7.29. The van der Waals surface area contributed by atoms with Gasteiger partial charge in [-0.15, -0.1) is 0 Å². The average Bonchev–Trinajstić information content (AvgIpc) is 2.39. The third kappa shape index (κ3) is 8.50. The maximum Gasteiger partial charge on any atom is 0.119 e. The van der Waals surface area contributed by atoms with Crippen molar-refractivity contribution < 1.29 is 14.6 Å². The van der Waals surface area contributed by atoms with Crippen LogP contribution in [0.15, 0.2) is 30.4 Å². The van der Waals surface area contributed by atoms with Crippen molar-refractivity contribution in [2.75, 3.05) is 32.9 Å². The molecular weight excluding hydrogens is 266 g/mol. The zero-order chi connectivity index (χ0) is 15.7. The van der Waals surface area contributed by atoms with Gasteiger partial charge in [0.1, 0.15) is 18.5 Å². The number of hydrogen-bond donors (Lipinski definition) is 2. The lowest BCUT2D eigenvalue weighted by atomic mass is 10.1. The molecule has 0 saturated carbocycles. The summed E-state index contributed by atoms with van der Waals surface area (Å²) in [5.41, 5.74) is 3.33. The fourth-order valence-corrected chi connectivity index (χ4v) is 1.93. The third-order valence-electron chi connectivity index (χ3n) is 2.79. The summed E-state index contributed by atoms with van der Waals surface area (Å²) >= 11 is 0. The zero-order valence-electron chi connectivity index (χ0n) is 13.3. The Bertz CT molecular complexity index is 425. The number of nitrogens with one attached hydrogen (secondary N) is 1. The molecule has 0 fully saturated rings. The van der Waals surface area contributed by atoms with E-state index in [4.69, 9.17) is 9.47 Å². The average molecular weight is 293 g/mol. The summed E-state index contributed by atoms with van der Waals surface area (Å²) in [6, 6.07) is 6.03. The minimum Gasteiger partial charge on any atom is -0.491 e. The first-order chi connectivity index (χ1) is 9.97. The second kappa shape index (κ2) is 9.55. The number of aryl methyl sites for hydroxylation is 2. The van der Waals surface area contributed by atoms with Crippen molar-refractivity contribution >= 4 is 0 Å². The molecule has 0 aromatic heterocycles. The minimum absolute atomic E-state index is 0.280. The molecule has 0 aliphatic carbocycles. The van der Waals surface area contributed by atoms with Gasteiger partial charge in [-0.3, -0.25) is 0 Å². The third-order valence-corrected chi connectivity index (χ3v) is 2.79. The van der Waals surface area contributed by atoms with Gasteiger partial charge in [0, 0.05) is 13.1 Å². The highest BCUT2D eigenvalue weighted by molar-refractivity contribution is 5.32. The van der Waals surface area contributed by atoms with Crippen molar-refractivity contribution in [1.82, 2.24) is 5.32 Å². The summed E-state index contributed by atoms with van der Waals surface area (Å²) in [5, 5.41) is 13.0. The second-order valence-corrected chi connectivity index (χ2v) is 5.50. The molecule has 0 aliphatic rings. The van der Waals surface area contributed by atoms with Crippen LogP contribution in [0.2, 0.25) is 0 Å². The number of aliphatic hydroxyl groups is 1. The smallest absolute Gasteiger partial charge is 0.119 e. The van der Waals surface area contributed by atoms with E-state index in [1.165, 1.54) is 0 Å². The van der Waals surface area contributed by atoms with Crippen molar-refractivity contribution in [2.45, 2.75) is 26.9 Å². The van der Waals surface area contributed by atoms with Crippen LogP contribution in [0.25, 0.3) is 0 Å². The van der Waals surface area contributed by atoms with Crippen molar-refractivity contribution in [3.05, 3.63) is 41.5 Å². The SMILES string of the molecule is C=C(C)COCCNCC(O)COc1cc(C)cc(C)c1. The van der Waals surface area contributed by atoms with Crippen LogP contribution in [0.4, 0.5) is 0 Å². The van der Waals surface area contributed by atoms with E-state index in [2.05, 4.69) is 18.0 Å². The molecule has 4 heteroatoms. The van der Waals surface area contributed by atoms with Gasteiger partial charge in [-0.25, -0.2) is 0 Å². The molecule has 0 aliphatic heterocycles. The van der Waals surface area contributed by atoms with Gasteiger partial charge in [-0.05, 0) is 44.0 Å².